The standard InChI is InChI=1S/C29H30N4O6/c1-29(2,3)23(15-24(34)35)33-26(36)17-10-13-20(22(14-17)28(38)39)19-6-4-5-7-21(19)27(37)32-18-11-8-16(9-12-18)25(30)31/h4-14,23H,15H2,1-3H3,(H3,30,31)(H,32,37)(H,33,36)(H,34,35)(H,38,39)/t23-/m0/s1. The van der Waals surface area contributed by atoms with Crippen LogP contribution in [0.1, 0.15) is 63.8 Å². The van der Waals surface area contributed by atoms with Gasteiger partial charge in [-0.1, -0.05) is 45.0 Å². The number of carbonyl (C=O) groups excluding carboxylic acids is 2. The van der Waals surface area contributed by atoms with Gasteiger partial charge in [-0.2, -0.15) is 0 Å². The first-order valence-corrected chi connectivity index (χ1v) is 12.0. The van der Waals surface area contributed by atoms with Gasteiger partial charge in [0, 0.05) is 28.4 Å². The zero-order valence-electron chi connectivity index (χ0n) is 21.7. The fraction of sp³-hybridized carbons (Fsp3) is 0.207. The molecule has 0 aliphatic rings. The molecule has 10 nitrogen and oxygen atoms in total. The second-order valence-electron chi connectivity index (χ2n) is 10.0. The number of aliphatic carboxylic acids is 1. The van der Waals surface area contributed by atoms with Crippen LogP contribution in [0.2, 0.25) is 0 Å². The van der Waals surface area contributed by atoms with E-state index in [-0.39, 0.29) is 34.5 Å². The van der Waals surface area contributed by atoms with E-state index in [9.17, 15) is 29.4 Å². The zero-order chi connectivity index (χ0) is 28.9. The number of nitrogens with one attached hydrogen (secondary N) is 3. The molecule has 3 rings (SSSR count). The number of hydrogen-bond acceptors (Lipinski definition) is 5. The molecule has 2 amide bonds. The largest absolute Gasteiger partial charge is 0.481 e. The van der Waals surface area contributed by atoms with Gasteiger partial charge in [-0.3, -0.25) is 19.8 Å². The number of aromatic carboxylic acids is 1. The van der Waals surface area contributed by atoms with Crippen molar-refractivity contribution in [3.8, 4) is 11.1 Å². The van der Waals surface area contributed by atoms with E-state index in [1.54, 1.807) is 69.3 Å². The van der Waals surface area contributed by atoms with Gasteiger partial charge in [0.05, 0.1) is 12.0 Å². The second kappa shape index (κ2) is 11.6. The number of carbonyl (C=O) groups is 4. The maximum Gasteiger partial charge on any atom is 0.336 e. The lowest BCUT2D eigenvalue weighted by atomic mass is 9.84. The Hall–Kier alpha value is -4.99. The highest BCUT2D eigenvalue weighted by Gasteiger charge is 2.29. The van der Waals surface area contributed by atoms with Crippen molar-refractivity contribution in [2.75, 3.05) is 5.32 Å². The summed E-state index contributed by atoms with van der Waals surface area (Å²) >= 11 is 0. The van der Waals surface area contributed by atoms with Gasteiger partial charge in [0.15, 0.2) is 0 Å². The van der Waals surface area contributed by atoms with Gasteiger partial charge < -0.3 is 26.6 Å². The molecule has 202 valence electrons. The summed E-state index contributed by atoms with van der Waals surface area (Å²) in [5.74, 6) is -3.56. The fourth-order valence-electron chi connectivity index (χ4n) is 3.93. The van der Waals surface area contributed by atoms with E-state index >= 15 is 0 Å². The van der Waals surface area contributed by atoms with Gasteiger partial charge in [0.25, 0.3) is 11.8 Å². The van der Waals surface area contributed by atoms with Crippen LogP contribution in [-0.2, 0) is 4.79 Å². The Morgan fingerprint density at radius 1 is 0.846 bits per heavy atom. The molecule has 0 heterocycles. The molecule has 0 unspecified atom stereocenters. The van der Waals surface area contributed by atoms with Crippen molar-refractivity contribution in [1.82, 2.24) is 5.32 Å². The van der Waals surface area contributed by atoms with Crippen molar-refractivity contribution >= 4 is 35.3 Å². The molecular weight excluding hydrogens is 500 g/mol. The summed E-state index contributed by atoms with van der Waals surface area (Å²) in [5, 5.41) is 32.1. The number of carboxylic acid groups (broad SMARTS) is 2. The Kier molecular flexibility index (Phi) is 8.50. The van der Waals surface area contributed by atoms with Crippen LogP contribution in [0.15, 0.2) is 66.7 Å². The van der Waals surface area contributed by atoms with E-state index in [1.807, 2.05) is 0 Å². The molecule has 0 saturated heterocycles. The zero-order valence-corrected chi connectivity index (χ0v) is 21.7. The number of hydrogen-bond donors (Lipinski definition) is 6. The first-order chi connectivity index (χ1) is 18.3. The molecule has 0 aromatic heterocycles. The van der Waals surface area contributed by atoms with Crippen molar-refractivity contribution in [2.24, 2.45) is 11.1 Å². The monoisotopic (exact) mass is 530 g/mol. The number of carboxylic acids is 2. The molecule has 0 fully saturated rings. The number of anilines is 1. The third-order valence-corrected chi connectivity index (χ3v) is 6.16. The minimum atomic E-state index is -1.30. The summed E-state index contributed by atoms with van der Waals surface area (Å²) in [4.78, 5) is 49.6. The molecule has 0 bridgehead atoms. The van der Waals surface area contributed by atoms with E-state index in [1.165, 1.54) is 18.2 Å². The Labute approximate surface area is 225 Å². The average Bonchev–Trinajstić information content (AvgIpc) is 2.87. The van der Waals surface area contributed by atoms with Gasteiger partial charge in [-0.25, -0.2) is 4.79 Å². The lowest BCUT2D eigenvalue weighted by Gasteiger charge is -2.30. The van der Waals surface area contributed by atoms with Crippen LogP contribution in [0.5, 0.6) is 0 Å². The van der Waals surface area contributed by atoms with Gasteiger partial charge >= 0.3 is 11.9 Å². The van der Waals surface area contributed by atoms with Crippen LogP contribution >= 0.6 is 0 Å². The number of amides is 2. The molecule has 10 heteroatoms. The van der Waals surface area contributed by atoms with Crippen molar-refractivity contribution in [3.05, 3.63) is 89.0 Å². The van der Waals surface area contributed by atoms with E-state index in [4.69, 9.17) is 11.1 Å². The van der Waals surface area contributed by atoms with Crippen LogP contribution in [0.4, 0.5) is 5.69 Å². The minimum Gasteiger partial charge on any atom is -0.481 e. The van der Waals surface area contributed by atoms with Crippen molar-refractivity contribution in [2.45, 2.75) is 33.2 Å². The summed E-state index contributed by atoms with van der Waals surface area (Å²) in [6.07, 6.45) is -0.293. The number of nitrogen functional groups attached to an aromatic ring is 1. The summed E-state index contributed by atoms with van der Waals surface area (Å²) in [6.45, 7) is 5.39. The van der Waals surface area contributed by atoms with Crippen molar-refractivity contribution < 1.29 is 29.4 Å². The Morgan fingerprint density at radius 2 is 1.44 bits per heavy atom. The molecule has 39 heavy (non-hydrogen) atoms. The number of rotatable bonds is 9. The summed E-state index contributed by atoms with van der Waals surface area (Å²) < 4.78 is 0. The van der Waals surface area contributed by atoms with E-state index in [0.29, 0.717) is 16.8 Å². The van der Waals surface area contributed by atoms with Crippen LogP contribution in [-0.4, -0.2) is 45.8 Å². The molecule has 0 spiro atoms. The predicted octanol–water partition coefficient (Wildman–Crippen LogP) is 4.21. The number of nitrogens with two attached hydrogens (primary N) is 1. The van der Waals surface area contributed by atoms with Gasteiger partial charge in [-0.15, -0.1) is 0 Å². The maximum atomic E-state index is 13.1. The Bertz CT molecular complexity index is 1440. The SMILES string of the molecule is CC(C)(C)[C@H](CC(=O)O)NC(=O)c1ccc(-c2ccccc2C(=O)Nc2ccc(C(=N)N)cc2)c(C(=O)O)c1. The van der Waals surface area contributed by atoms with E-state index in [0.717, 1.165) is 0 Å². The minimum absolute atomic E-state index is 0.0447. The van der Waals surface area contributed by atoms with Crippen LogP contribution in [0, 0.1) is 10.8 Å². The maximum absolute atomic E-state index is 13.1. The second-order valence-corrected chi connectivity index (χ2v) is 10.0. The van der Waals surface area contributed by atoms with Crippen LogP contribution in [0.3, 0.4) is 0 Å². The van der Waals surface area contributed by atoms with Crippen LogP contribution in [0.25, 0.3) is 11.1 Å². The fourth-order valence-corrected chi connectivity index (χ4v) is 3.93. The van der Waals surface area contributed by atoms with Crippen LogP contribution < -0.4 is 16.4 Å². The van der Waals surface area contributed by atoms with E-state index in [2.05, 4.69) is 10.6 Å². The Morgan fingerprint density at radius 3 is 2.00 bits per heavy atom. The third kappa shape index (κ3) is 7.07. The molecule has 0 saturated carbocycles. The van der Waals surface area contributed by atoms with Crippen molar-refractivity contribution in [1.29, 1.82) is 5.41 Å². The van der Waals surface area contributed by atoms with Gasteiger partial charge in [0.1, 0.15) is 5.84 Å². The predicted molar refractivity (Wildman–Crippen MR) is 147 cm³/mol. The normalized spacial score (nSPS) is 11.8. The number of benzene rings is 3. The molecule has 3 aromatic rings. The lowest BCUT2D eigenvalue weighted by Crippen LogP contribution is -2.45. The third-order valence-electron chi connectivity index (χ3n) is 6.16. The molecule has 7 N–H and O–H groups in total. The highest BCUT2D eigenvalue weighted by molar-refractivity contribution is 6.11. The molecule has 0 radical (unpaired) electrons. The average molecular weight is 531 g/mol. The summed E-state index contributed by atoms with van der Waals surface area (Å²) in [7, 11) is 0. The van der Waals surface area contributed by atoms with E-state index < -0.39 is 35.2 Å². The molecule has 3 aromatic carbocycles. The molecule has 0 aliphatic carbocycles. The van der Waals surface area contributed by atoms with Gasteiger partial charge in [-0.05, 0) is 59.0 Å². The lowest BCUT2D eigenvalue weighted by molar-refractivity contribution is -0.138. The number of amidine groups is 1. The summed E-state index contributed by atoms with van der Waals surface area (Å²) in [5.41, 5.74) is 6.51. The van der Waals surface area contributed by atoms with Crippen molar-refractivity contribution in [3.63, 3.8) is 0 Å². The molecular formula is C29H30N4O6. The van der Waals surface area contributed by atoms with Gasteiger partial charge in [0.2, 0.25) is 0 Å². The summed E-state index contributed by atoms with van der Waals surface area (Å²) in [6, 6.07) is 16.3. The first kappa shape index (κ1) is 28.6. The topological polar surface area (TPSA) is 183 Å². The Balaban J connectivity index is 1.95. The molecule has 1 atom stereocenters. The highest BCUT2D eigenvalue weighted by Crippen LogP contribution is 2.30. The molecule has 0 aliphatic heterocycles. The quantitative estimate of drug-likeness (QED) is 0.177. The smallest absolute Gasteiger partial charge is 0.336 e. The highest BCUT2D eigenvalue weighted by atomic mass is 16.4. The first-order valence-electron chi connectivity index (χ1n) is 12.0.